The summed E-state index contributed by atoms with van der Waals surface area (Å²) in [6.45, 7) is 8.91. The van der Waals surface area contributed by atoms with Crippen molar-refractivity contribution in [1.82, 2.24) is 16.0 Å². The van der Waals surface area contributed by atoms with E-state index in [1.54, 1.807) is 6.07 Å². The van der Waals surface area contributed by atoms with Crippen LogP contribution >= 0.6 is 0 Å². The molecule has 0 saturated heterocycles. The molecule has 0 atom stereocenters. The second kappa shape index (κ2) is 14.6. The highest BCUT2D eigenvalue weighted by Crippen LogP contribution is 2.31. The number of unbranched alkanes of at least 4 members (excludes halogenated alkanes) is 1. The molecule has 2 rings (SSSR count). The third-order valence-electron chi connectivity index (χ3n) is 5.45. The molecule has 0 bridgehead atoms. The highest BCUT2D eigenvalue weighted by Gasteiger charge is 2.20. The van der Waals surface area contributed by atoms with Crippen molar-refractivity contribution in [1.29, 1.82) is 0 Å². The minimum Gasteiger partial charge on any atom is -0.423 e. The van der Waals surface area contributed by atoms with E-state index in [9.17, 15) is 19.2 Å². The van der Waals surface area contributed by atoms with E-state index in [-0.39, 0.29) is 23.0 Å². The number of nitrogens with one attached hydrogen (secondary N) is 3. The summed E-state index contributed by atoms with van der Waals surface area (Å²) in [4.78, 5) is 47.7. The lowest BCUT2D eigenvalue weighted by atomic mass is 10.0. The summed E-state index contributed by atoms with van der Waals surface area (Å²) in [5, 5.41) is 9.06. The Morgan fingerprint density at radius 3 is 1.94 bits per heavy atom. The first kappa shape index (κ1) is 28.5. The van der Waals surface area contributed by atoms with Crippen molar-refractivity contribution in [2.24, 2.45) is 0 Å². The topological polar surface area (TPSA) is 123 Å². The number of hydrogen-bond acceptors (Lipinski definition) is 7. The molecule has 3 N–H and O–H groups in total. The fourth-order valence-electron chi connectivity index (χ4n) is 3.48. The molecule has 2 amide bonds. The SMILES string of the molecule is CC(=O)Oc1cccc(C(=O)NCCCNCCCCNC(=O)c2cccc(C)c2C)c1OC(C)=O. The van der Waals surface area contributed by atoms with Crippen molar-refractivity contribution in [3.8, 4) is 11.5 Å². The van der Waals surface area contributed by atoms with E-state index in [1.165, 1.54) is 26.0 Å². The predicted molar refractivity (Wildman–Crippen MR) is 136 cm³/mol. The van der Waals surface area contributed by atoms with Crippen LogP contribution in [0.25, 0.3) is 0 Å². The molecule has 0 radical (unpaired) electrons. The van der Waals surface area contributed by atoms with Crippen LogP contribution in [0.4, 0.5) is 0 Å². The number of carbonyl (C=O) groups excluding carboxylic acids is 4. The van der Waals surface area contributed by atoms with E-state index >= 15 is 0 Å². The maximum absolute atomic E-state index is 12.6. The molecule has 36 heavy (non-hydrogen) atoms. The zero-order chi connectivity index (χ0) is 26.5. The maximum atomic E-state index is 12.6. The zero-order valence-electron chi connectivity index (χ0n) is 21.4. The molecule has 0 aromatic heterocycles. The Bertz CT molecular complexity index is 1080. The van der Waals surface area contributed by atoms with Crippen LogP contribution in [0.3, 0.4) is 0 Å². The average Bonchev–Trinajstić information content (AvgIpc) is 2.82. The van der Waals surface area contributed by atoms with E-state index in [0.29, 0.717) is 31.6 Å². The molecule has 0 unspecified atom stereocenters. The highest BCUT2D eigenvalue weighted by molar-refractivity contribution is 5.99. The Kier molecular flexibility index (Phi) is 11.6. The van der Waals surface area contributed by atoms with Gasteiger partial charge in [0.15, 0.2) is 11.5 Å². The summed E-state index contributed by atoms with van der Waals surface area (Å²) in [6.07, 6.45) is 2.47. The molecule has 9 heteroatoms. The molecule has 0 aliphatic carbocycles. The number of aryl methyl sites for hydroxylation is 1. The van der Waals surface area contributed by atoms with Gasteiger partial charge >= 0.3 is 11.9 Å². The second-order valence-corrected chi connectivity index (χ2v) is 8.39. The van der Waals surface area contributed by atoms with Gasteiger partial charge in [-0.3, -0.25) is 19.2 Å². The molecular weight excluding hydrogens is 462 g/mol. The number of benzene rings is 2. The van der Waals surface area contributed by atoms with Crippen molar-refractivity contribution in [2.45, 2.75) is 47.0 Å². The van der Waals surface area contributed by atoms with Gasteiger partial charge in [-0.05, 0) is 75.5 Å². The molecule has 194 valence electrons. The van der Waals surface area contributed by atoms with Crippen LogP contribution in [0.15, 0.2) is 36.4 Å². The van der Waals surface area contributed by atoms with Crippen LogP contribution < -0.4 is 25.4 Å². The first-order valence-corrected chi connectivity index (χ1v) is 12.0. The summed E-state index contributed by atoms with van der Waals surface area (Å²) >= 11 is 0. The minimum absolute atomic E-state index is 0.0113. The molecule has 9 nitrogen and oxygen atoms in total. The Morgan fingerprint density at radius 1 is 0.694 bits per heavy atom. The number of para-hydroxylation sites is 1. The van der Waals surface area contributed by atoms with Crippen molar-refractivity contribution in [3.05, 3.63) is 58.7 Å². The van der Waals surface area contributed by atoms with Crippen molar-refractivity contribution >= 4 is 23.8 Å². The monoisotopic (exact) mass is 497 g/mol. The quantitative estimate of drug-likeness (QED) is 0.221. The minimum atomic E-state index is -0.627. The highest BCUT2D eigenvalue weighted by atomic mass is 16.6. The first-order chi connectivity index (χ1) is 17.2. The Morgan fingerprint density at radius 2 is 1.25 bits per heavy atom. The third-order valence-corrected chi connectivity index (χ3v) is 5.45. The van der Waals surface area contributed by atoms with Gasteiger partial charge in [-0.25, -0.2) is 0 Å². The summed E-state index contributed by atoms with van der Waals surface area (Å²) in [5.74, 6) is -1.76. The van der Waals surface area contributed by atoms with Crippen LogP contribution in [-0.2, 0) is 9.59 Å². The lowest BCUT2D eigenvalue weighted by Crippen LogP contribution is -2.29. The summed E-state index contributed by atoms with van der Waals surface area (Å²) < 4.78 is 10.2. The Hall–Kier alpha value is -3.72. The van der Waals surface area contributed by atoms with Crippen LogP contribution in [0, 0.1) is 13.8 Å². The van der Waals surface area contributed by atoms with Gasteiger partial charge < -0.3 is 25.4 Å². The number of carbonyl (C=O) groups is 4. The van der Waals surface area contributed by atoms with E-state index < -0.39 is 17.8 Å². The zero-order valence-corrected chi connectivity index (χ0v) is 21.4. The second-order valence-electron chi connectivity index (χ2n) is 8.39. The summed E-state index contributed by atoms with van der Waals surface area (Å²) in [5.41, 5.74) is 2.93. The predicted octanol–water partition coefficient (Wildman–Crippen LogP) is 3.07. The van der Waals surface area contributed by atoms with Gasteiger partial charge in [0, 0.05) is 32.5 Å². The average molecular weight is 498 g/mol. The number of amides is 2. The van der Waals surface area contributed by atoms with Gasteiger partial charge in [0.1, 0.15) is 0 Å². The Labute approximate surface area is 211 Å². The van der Waals surface area contributed by atoms with E-state index in [1.807, 2.05) is 32.0 Å². The van der Waals surface area contributed by atoms with Gasteiger partial charge in [0.25, 0.3) is 11.8 Å². The van der Waals surface area contributed by atoms with Gasteiger partial charge in [-0.15, -0.1) is 0 Å². The number of rotatable bonds is 13. The molecule has 0 aliphatic heterocycles. The molecule has 0 fully saturated rings. The fourth-order valence-corrected chi connectivity index (χ4v) is 3.48. The summed E-state index contributed by atoms with van der Waals surface area (Å²) in [7, 11) is 0. The smallest absolute Gasteiger partial charge is 0.308 e. The molecule has 0 aliphatic rings. The number of ether oxygens (including phenoxy) is 2. The fraction of sp³-hybridized carbons (Fsp3) is 0.407. The Balaban J connectivity index is 1.65. The number of esters is 2. The lowest BCUT2D eigenvalue weighted by Gasteiger charge is -2.13. The van der Waals surface area contributed by atoms with Crippen LogP contribution in [0.2, 0.25) is 0 Å². The molecule has 0 saturated carbocycles. The largest absolute Gasteiger partial charge is 0.423 e. The van der Waals surface area contributed by atoms with Crippen LogP contribution in [-0.4, -0.2) is 49.9 Å². The normalized spacial score (nSPS) is 10.4. The van der Waals surface area contributed by atoms with Crippen molar-refractivity contribution in [3.63, 3.8) is 0 Å². The van der Waals surface area contributed by atoms with Crippen LogP contribution in [0.1, 0.15) is 65.0 Å². The molecule has 0 spiro atoms. The van der Waals surface area contributed by atoms with E-state index in [4.69, 9.17) is 9.47 Å². The standard InChI is InChI=1S/C27H35N3O6/c1-18-10-7-11-22(19(18)2)26(33)29-16-6-5-14-28-15-9-17-30-27(34)23-12-8-13-24(35-20(3)31)25(23)36-21(4)32/h7-8,10-13,28H,5-6,9,14-17H2,1-4H3,(H,29,33)(H,30,34). The van der Waals surface area contributed by atoms with E-state index in [2.05, 4.69) is 16.0 Å². The van der Waals surface area contributed by atoms with Gasteiger partial charge in [-0.1, -0.05) is 18.2 Å². The molecular formula is C27H35N3O6. The number of hydrogen-bond donors (Lipinski definition) is 3. The first-order valence-electron chi connectivity index (χ1n) is 12.0. The molecule has 2 aromatic rings. The van der Waals surface area contributed by atoms with Crippen molar-refractivity contribution in [2.75, 3.05) is 26.2 Å². The van der Waals surface area contributed by atoms with E-state index in [0.717, 1.165) is 30.5 Å². The lowest BCUT2D eigenvalue weighted by molar-refractivity contribution is -0.134. The maximum Gasteiger partial charge on any atom is 0.308 e. The van der Waals surface area contributed by atoms with Gasteiger partial charge in [0.2, 0.25) is 0 Å². The van der Waals surface area contributed by atoms with Crippen molar-refractivity contribution < 1.29 is 28.7 Å². The molecule has 2 aromatic carbocycles. The molecule has 0 heterocycles. The third kappa shape index (κ3) is 9.14. The summed E-state index contributed by atoms with van der Waals surface area (Å²) in [6, 6.07) is 10.2. The van der Waals surface area contributed by atoms with Crippen LogP contribution in [0.5, 0.6) is 11.5 Å². The van der Waals surface area contributed by atoms with Gasteiger partial charge in [0.05, 0.1) is 5.56 Å². The van der Waals surface area contributed by atoms with Gasteiger partial charge in [-0.2, -0.15) is 0 Å².